The van der Waals surface area contributed by atoms with E-state index >= 15 is 0 Å². The highest BCUT2D eigenvalue weighted by Crippen LogP contribution is 2.29. The lowest BCUT2D eigenvalue weighted by Crippen LogP contribution is -2.41. The molecular formula is C21H25N3O3S2. The van der Waals surface area contributed by atoms with Crippen LogP contribution in [0.5, 0.6) is 0 Å². The van der Waals surface area contributed by atoms with Gasteiger partial charge in [-0.2, -0.15) is 4.31 Å². The predicted molar refractivity (Wildman–Crippen MR) is 115 cm³/mol. The molecule has 2 aliphatic rings. The van der Waals surface area contributed by atoms with Crippen LogP contribution in [0.2, 0.25) is 0 Å². The molecule has 8 heteroatoms. The van der Waals surface area contributed by atoms with Gasteiger partial charge in [-0.15, -0.1) is 11.8 Å². The van der Waals surface area contributed by atoms with E-state index in [1.807, 2.05) is 30.5 Å². The van der Waals surface area contributed by atoms with Crippen LogP contribution in [0.3, 0.4) is 0 Å². The summed E-state index contributed by atoms with van der Waals surface area (Å²) in [5.74, 6) is -0.264. The number of sulfonamides is 1. The van der Waals surface area contributed by atoms with Crippen LogP contribution >= 0.6 is 11.8 Å². The maximum Gasteiger partial charge on any atom is 0.243 e. The molecule has 1 fully saturated rings. The zero-order chi connectivity index (χ0) is 20.4. The van der Waals surface area contributed by atoms with Gasteiger partial charge in [0.15, 0.2) is 0 Å². The zero-order valence-electron chi connectivity index (χ0n) is 16.4. The number of fused-ring (bicyclic) bond motifs is 1. The van der Waals surface area contributed by atoms with E-state index in [1.165, 1.54) is 9.87 Å². The Labute approximate surface area is 176 Å². The van der Waals surface area contributed by atoms with Crippen molar-refractivity contribution < 1.29 is 13.2 Å². The zero-order valence-corrected chi connectivity index (χ0v) is 18.1. The maximum absolute atomic E-state index is 13.0. The minimum atomic E-state index is -3.51. The van der Waals surface area contributed by atoms with Gasteiger partial charge in [-0.05, 0) is 73.8 Å². The van der Waals surface area contributed by atoms with E-state index in [4.69, 9.17) is 0 Å². The number of amides is 1. The Hall–Kier alpha value is -1.90. The summed E-state index contributed by atoms with van der Waals surface area (Å²) in [7, 11) is -3.51. The Morgan fingerprint density at radius 3 is 2.59 bits per heavy atom. The van der Waals surface area contributed by atoms with Crippen LogP contribution in [0, 0.1) is 5.92 Å². The standard InChI is InChI=1S/C21H25N3O3S2/c1-28-20-8-6-18(14-22-20)23-21(25)16-9-11-24(12-10-16)29(26,27)19-7-5-15-3-2-4-17(15)13-19/h5-8,13-14,16H,2-4,9-12H2,1H3,(H,23,25). The molecule has 2 heterocycles. The van der Waals surface area contributed by atoms with Crippen molar-refractivity contribution in [1.29, 1.82) is 0 Å². The number of aromatic nitrogens is 1. The van der Waals surface area contributed by atoms with Crippen LogP contribution < -0.4 is 5.32 Å². The Morgan fingerprint density at radius 2 is 1.90 bits per heavy atom. The smallest absolute Gasteiger partial charge is 0.243 e. The topological polar surface area (TPSA) is 79.4 Å². The first-order chi connectivity index (χ1) is 14.0. The number of benzene rings is 1. The minimum absolute atomic E-state index is 0.0710. The summed E-state index contributed by atoms with van der Waals surface area (Å²) >= 11 is 1.55. The second-order valence-electron chi connectivity index (χ2n) is 7.54. The summed E-state index contributed by atoms with van der Waals surface area (Å²) in [5, 5.41) is 3.79. The Balaban J connectivity index is 1.37. The maximum atomic E-state index is 13.0. The summed E-state index contributed by atoms with van der Waals surface area (Å²) in [5.41, 5.74) is 3.09. The molecule has 0 radical (unpaired) electrons. The van der Waals surface area contributed by atoms with Crippen LogP contribution in [0.15, 0.2) is 46.5 Å². The van der Waals surface area contributed by atoms with Crippen molar-refractivity contribution in [3.8, 4) is 0 Å². The Kier molecular flexibility index (Phi) is 5.94. The number of pyridine rings is 1. The van der Waals surface area contributed by atoms with Crippen LogP contribution in [0.4, 0.5) is 5.69 Å². The average Bonchev–Trinajstić information content (AvgIpc) is 3.22. The first-order valence-electron chi connectivity index (χ1n) is 9.90. The molecule has 0 bridgehead atoms. The molecule has 0 saturated carbocycles. The number of hydrogen-bond donors (Lipinski definition) is 1. The molecule has 4 rings (SSSR count). The van der Waals surface area contributed by atoms with E-state index in [1.54, 1.807) is 24.0 Å². The van der Waals surface area contributed by atoms with Crippen molar-refractivity contribution in [3.05, 3.63) is 47.7 Å². The van der Waals surface area contributed by atoms with E-state index < -0.39 is 10.0 Å². The molecule has 0 atom stereocenters. The summed E-state index contributed by atoms with van der Waals surface area (Å²) in [6, 6.07) is 9.22. The summed E-state index contributed by atoms with van der Waals surface area (Å²) < 4.78 is 27.6. The molecule has 2 aromatic rings. The number of anilines is 1. The average molecular weight is 432 g/mol. The van der Waals surface area contributed by atoms with E-state index in [0.29, 0.717) is 36.5 Å². The van der Waals surface area contributed by atoms with Gasteiger partial charge in [0, 0.05) is 19.0 Å². The quantitative estimate of drug-likeness (QED) is 0.735. The number of hydrogen-bond acceptors (Lipinski definition) is 5. The fraction of sp³-hybridized carbons (Fsp3) is 0.429. The molecule has 1 saturated heterocycles. The molecule has 0 unspecified atom stereocenters. The van der Waals surface area contributed by atoms with Gasteiger partial charge >= 0.3 is 0 Å². The highest BCUT2D eigenvalue weighted by Gasteiger charge is 2.32. The number of thioether (sulfide) groups is 1. The number of carbonyl (C=O) groups excluding carboxylic acids is 1. The number of rotatable bonds is 5. The third-order valence-corrected chi connectivity index (χ3v) is 8.30. The van der Waals surface area contributed by atoms with Gasteiger partial charge in [0.1, 0.15) is 0 Å². The lowest BCUT2D eigenvalue weighted by Gasteiger charge is -2.30. The second kappa shape index (κ2) is 8.45. The SMILES string of the molecule is CSc1ccc(NC(=O)C2CCN(S(=O)(=O)c3ccc4c(c3)CCC4)CC2)cn1. The van der Waals surface area contributed by atoms with Crippen LogP contribution in [-0.2, 0) is 27.7 Å². The van der Waals surface area contributed by atoms with E-state index in [9.17, 15) is 13.2 Å². The van der Waals surface area contributed by atoms with E-state index in [0.717, 1.165) is 29.9 Å². The molecule has 154 valence electrons. The van der Waals surface area contributed by atoms with Crippen molar-refractivity contribution >= 4 is 33.4 Å². The predicted octanol–water partition coefficient (Wildman–Crippen LogP) is 3.33. The van der Waals surface area contributed by atoms with Gasteiger partial charge in [-0.25, -0.2) is 13.4 Å². The molecule has 1 amide bonds. The number of carbonyl (C=O) groups is 1. The van der Waals surface area contributed by atoms with Crippen molar-refractivity contribution in [1.82, 2.24) is 9.29 Å². The highest BCUT2D eigenvalue weighted by molar-refractivity contribution is 7.98. The van der Waals surface area contributed by atoms with Crippen molar-refractivity contribution in [2.75, 3.05) is 24.7 Å². The molecule has 1 aromatic heterocycles. The number of nitrogens with zero attached hydrogens (tertiary/aromatic N) is 2. The summed E-state index contributed by atoms with van der Waals surface area (Å²) in [6.45, 7) is 0.725. The van der Waals surface area contributed by atoms with Crippen molar-refractivity contribution in [2.24, 2.45) is 5.92 Å². The fourth-order valence-corrected chi connectivity index (χ4v) is 5.92. The largest absolute Gasteiger partial charge is 0.324 e. The first-order valence-corrected chi connectivity index (χ1v) is 12.6. The second-order valence-corrected chi connectivity index (χ2v) is 10.3. The molecular weight excluding hydrogens is 406 g/mol. The molecule has 1 N–H and O–H groups in total. The first kappa shape index (κ1) is 20.4. The molecule has 0 spiro atoms. The number of piperidine rings is 1. The van der Waals surface area contributed by atoms with Crippen LogP contribution in [-0.4, -0.2) is 43.0 Å². The summed E-state index contributed by atoms with van der Waals surface area (Å²) in [4.78, 5) is 17.2. The lowest BCUT2D eigenvalue weighted by molar-refractivity contribution is -0.120. The summed E-state index contributed by atoms with van der Waals surface area (Å²) in [6.07, 6.45) is 7.72. The Morgan fingerprint density at radius 1 is 1.14 bits per heavy atom. The highest BCUT2D eigenvalue weighted by atomic mass is 32.2. The van der Waals surface area contributed by atoms with Gasteiger partial charge in [-0.1, -0.05) is 6.07 Å². The number of aryl methyl sites for hydroxylation is 2. The van der Waals surface area contributed by atoms with Gasteiger partial charge < -0.3 is 5.32 Å². The van der Waals surface area contributed by atoms with Crippen molar-refractivity contribution in [2.45, 2.75) is 42.0 Å². The number of nitrogens with one attached hydrogen (secondary N) is 1. The Bertz CT molecular complexity index is 998. The van der Waals surface area contributed by atoms with Gasteiger partial charge in [0.05, 0.1) is 21.8 Å². The normalized spacial score (nSPS) is 17.8. The lowest BCUT2D eigenvalue weighted by atomic mass is 9.97. The van der Waals surface area contributed by atoms with Gasteiger partial charge in [-0.3, -0.25) is 4.79 Å². The molecule has 1 aliphatic heterocycles. The molecule has 6 nitrogen and oxygen atoms in total. The van der Waals surface area contributed by atoms with Crippen LogP contribution in [0.25, 0.3) is 0 Å². The third-order valence-electron chi connectivity index (χ3n) is 5.75. The minimum Gasteiger partial charge on any atom is -0.324 e. The van der Waals surface area contributed by atoms with Crippen molar-refractivity contribution in [3.63, 3.8) is 0 Å². The van der Waals surface area contributed by atoms with E-state index in [2.05, 4.69) is 10.3 Å². The van der Waals surface area contributed by atoms with Crippen LogP contribution in [0.1, 0.15) is 30.4 Å². The van der Waals surface area contributed by atoms with E-state index in [-0.39, 0.29) is 11.8 Å². The molecule has 1 aromatic carbocycles. The molecule has 1 aliphatic carbocycles. The third kappa shape index (κ3) is 4.34. The molecule has 29 heavy (non-hydrogen) atoms. The van der Waals surface area contributed by atoms with Gasteiger partial charge in [0.2, 0.25) is 15.9 Å². The van der Waals surface area contributed by atoms with Gasteiger partial charge in [0.25, 0.3) is 0 Å². The monoisotopic (exact) mass is 431 g/mol. The fourth-order valence-electron chi connectivity index (χ4n) is 4.04.